The number of hydrogen-bond donors (Lipinski definition) is 1. The quantitative estimate of drug-likeness (QED) is 0.776. The molecule has 1 heterocycles. The van der Waals surface area contributed by atoms with Gasteiger partial charge in [0.15, 0.2) is 0 Å². The third-order valence-electron chi connectivity index (χ3n) is 2.26. The molecular formula is C11H18N2S. The molecule has 0 amide bonds. The van der Waals surface area contributed by atoms with Crippen molar-refractivity contribution in [3.8, 4) is 0 Å². The normalized spacial score (nSPS) is 10.9. The van der Waals surface area contributed by atoms with Crippen LogP contribution in [0.1, 0.15) is 37.9 Å². The summed E-state index contributed by atoms with van der Waals surface area (Å²) in [5.74, 6) is 1.63. The second-order valence-corrected chi connectivity index (χ2v) is 4.43. The van der Waals surface area contributed by atoms with Gasteiger partial charge in [0.05, 0.1) is 0 Å². The molecule has 0 aliphatic rings. The summed E-state index contributed by atoms with van der Waals surface area (Å²) in [4.78, 5) is 7.74. The molecule has 1 aromatic rings. The van der Waals surface area contributed by atoms with Gasteiger partial charge >= 0.3 is 0 Å². The monoisotopic (exact) mass is 210 g/mol. The van der Waals surface area contributed by atoms with Crippen molar-refractivity contribution in [2.24, 2.45) is 5.92 Å². The third-order valence-corrected chi connectivity index (χ3v) is 2.66. The molecule has 0 saturated carbocycles. The molecule has 0 bridgehead atoms. The maximum absolute atomic E-state index is 5.22. The Balaban J connectivity index is 3.10. The fourth-order valence-electron chi connectivity index (χ4n) is 1.47. The van der Waals surface area contributed by atoms with Crippen LogP contribution in [0.4, 0.5) is 0 Å². The zero-order chi connectivity index (χ0) is 10.7. The van der Waals surface area contributed by atoms with E-state index in [2.05, 4.69) is 30.7 Å². The lowest BCUT2D eigenvalue weighted by Gasteiger charge is -2.09. The van der Waals surface area contributed by atoms with E-state index >= 15 is 0 Å². The summed E-state index contributed by atoms with van der Waals surface area (Å²) < 4.78 is 0.747. The number of nitrogens with one attached hydrogen (secondary N) is 1. The Morgan fingerprint density at radius 3 is 2.57 bits per heavy atom. The lowest BCUT2D eigenvalue weighted by molar-refractivity contribution is 0.615. The molecule has 0 aromatic carbocycles. The average Bonchev–Trinajstić information content (AvgIpc) is 2.10. The largest absolute Gasteiger partial charge is 0.347 e. The van der Waals surface area contributed by atoms with Gasteiger partial charge in [0.2, 0.25) is 0 Å². The van der Waals surface area contributed by atoms with Crippen LogP contribution >= 0.6 is 12.2 Å². The van der Waals surface area contributed by atoms with E-state index in [9.17, 15) is 0 Å². The van der Waals surface area contributed by atoms with E-state index in [0.29, 0.717) is 5.92 Å². The number of aromatic amines is 1. The van der Waals surface area contributed by atoms with Crippen LogP contribution in [0.15, 0.2) is 0 Å². The molecule has 0 aliphatic carbocycles. The number of aromatic nitrogens is 2. The first-order valence-electron chi connectivity index (χ1n) is 5.13. The molecule has 0 radical (unpaired) electrons. The van der Waals surface area contributed by atoms with Crippen LogP contribution in [0.25, 0.3) is 0 Å². The van der Waals surface area contributed by atoms with Crippen molar-refractivity contribution >= 4 is 12.2 Å². The number of H-pyrrole nitrogens is 1. The second-order valence-electron chi connectivity index (χ2n) is 4.04. The third kappa shape index (κ3) is 2.64. The van der Waals surface area contributed by atoms with Crippen molar-refractivity contribution in [1.82, 2.24) is 9.97 Å². The molecule has 14 heavy (non-hydrogen) atoms. The minimum absolute atomic E-state index is 0.612. The van der Waals surface area contributed by atoms with E-state index in [1.54, 1.807) is 0 Å². The molecule has 1 aromatic heterocycles. The van der Waals surface area contributed by atoms with Gasteiger partial charge in [-0.3, -0.25) is 0 Å². The van der Waals surface area contributed by atoms with Gasteiger partial charge in [0.1, 0.15) is 10.5 Å². The summed E-state index contributed by atoms with van der Waals surface area (Å²) in [5.41, 5.74) is 2.34. The molecule has 78 valence electrons. The predicted molar refractivity (Wildman–Crippen MR) is 62.1 cm³/mol. The van der Waals surface area contributed by atoms with Crippen molar-refractivity contribution in [2.45, 2.75) is 40.5 Å². The van der Waals surface area contributed by atoms with E-state index in [4.69, 9.17) is 12.2 Å². The summed E-state index contributed by atoms with van der Waals surface area (Å²) in [6.07, 6.45) is 1.96. The van der Waals surface area contributed by atoms with Crippen molar-refractivity contribution in [3.05, 3.63) is 21.7 Å². The lowest BCUT2D eigenvalue weighted by Crippen LogP contribution is -2.05. The van der Waals surface area contributed by atoms with E-state index in [1.165, 1.54) is 5.69 Å². The Kier molecular flexibility index (Phi) is 3.81. The van der Waals surface area contributed by atoms with Crippen LogP contribution in [-0.4, -0.2) is 9.97 Å². The van der Waals surface area contributed by atoms with Gasteiger partial charge in [0.25, 0.3) is 0 Å². The van der Waals surface area contributed by atoms with Crippen molar-refractivity contribution in [3.63, 3.8) is 0 Å². The first-order valence-corrected chi connectivity index (χ1v) is 5.54. The van der Waals surface area contributed by atoms with Gasteiger partial charge in [0, 0.05) is 17.7 Å². The summed E-state index contributed by atoms with van der Waals surface area (Å²) in [5, 5.41) is 0. The molecule has 0 atom stereocenters. The van der Waals surface area contributed by atoms with Gasteiger partial charge < -0.3 is 4.98 Å². The van der Waals surface area contributed by atoms with Gasteiger partial charge in [-0.15, -0.1) is 0 Å². The number of nitrogens with zero attached hydrogens (tertiary/aromatic N) is 1. The zero-order valence-electron chi connectivity index (χ0n) is 9.35. The Morgan fingerprint density at radius 1 is 1.43 bits per heavy atom. The van der Waals surface area contributed by atoms with Crippen molar-refractivity contribution < 1.29 is 0 Å². The molecule has 0 fully saturated rings. The maximum atomic E-state index is 5.22. The van der Waals surface area contributed by atoms with Crippen LogP contribution in [0.5, 0.6) is 0 Å². The first kappa shape index (κ1) is 11.4. The topological polar surface area (TPSA) is 28.7 Å². The molecule has 0 unspecified atom stereocenters. The van der Waals surface area contributed by atoms with Crippen LogP contribution < -0.4 is 0 Å². The molecule has 1 rings (SSSR count). The highest BCUT2D eigenvalue weighted by Gasteiger charge is 2.04. The number of rotatable bonds is 3. The minimum Gasteiger partial charge on any atom is -0.347 e. The highest BCUT2D eigenvalue weighted by molar-refractivity contribution is 7.71. The number of hydrogen-bond acceptors (Lipinski definition) is 2. The van der Waals surface area contributed by atoms with Crippen LogP contribution in [0.3, 0.4) is 0 Å². The SMILES string of the molecule is CCc1[nH]c(CC(C)C)nc(=S)c1C. The van der Waals surface area contributed by atoms with Gasteiger partial charge in [-0.1, -0.05) is 33.0 Å². The predicted octanol–water partition coefficient (Wildman–Crippen LogP) is 3.21. The average molecular weight is 210 g/mol. The van der Waals surface area contributed by atoms with Gasteiger partial charge in [-0.25, -0.2) is 4.98 Å². The van der Waals surface area contributed by atoms with Gasteiger partial charge in [-0.2, -0.15) is 0 Å². The standard InChI is InChI=1S/C11H18N2S/c1-5-9-8(4)11(14)13-10(12-9)6-7(2)3/h7H,5-6H2,1-4H3,(H,12,13,14). The fourth-order valence-corrected chi connectivity index (χ4v) is 1.70. The molecule has 0 spiro atoms. The molecule has 2 nitrogen and oxygen atoms in total. The number of aryl methyl sites for hydroxylation is 1. The lowest BCUT2D eigenvalue weighted by atomic mass is 10.1. The van der Waals surface area contributed by atoms with Crippen LogP contribution in [0, 0.1) is 17.5 Å². The Morgan fingerprint density at radius 2 is 2.07 bits per heavy atom. The van der Waals surface area contributed by atoms with Gasteiger partial charge in [-0.05, 0) is 19.3 Å². The molecule has 1 N–H and O–H groups in total. The summed E-state index contributed by atoms with van der Waals surface area (Å²) >= 11 is 5.22. The zero-order valence-corrected chi connectivity index (χ0v) is 10.2. The Labute approximate surface area is 90.8 Å². The second kappa shape index (κ2) is 4.69. The molecule has 0 saturated heterocycles. The highest BCUT2D eigenvalue weighted by atomic mass is 32.1. The summed E-state index contributed by atoms with van der Waals surface area (Å²) in [7, 11) is 0. The first-order chi connectivity index (χ1) is 6.54. The molecular weight excluding hydrogens is 192 g/mol. The van der Waals surface area contributed by atoms with Crippen molar-refractivity contribution in [2.75, 3.05) is 0 Å². The maximum Gasteiger partial charge on any atom is 0.132 e. The summed E-state index contributed by atoms with van der Waals surface area (Å²) in [6.45, 7) is 8.53. The highest BCUT2D eigenvalue weighted by Crippen LogP contribution is 2.09. The van der Waals surface area contributed by atoms with Crippen LogP contribution in [0.2, 0.25) is 0 Å². The van der Waals surface area contributed by atoms with Crippen molar-refractivity contribution in [1.29, 1.82) is 0 Å². The van der Waals surface area contributed by atoms with Crippen LogP contribution in [-0.2, 0) is 12.8 Å². The van der Waals surface area contributed by atoms with E-state index in [1.807, 2.05) is 6.92 Å². The molecule has 3 heteroatoms. The van der Waals surface area contributed by atoms with E-state index < -0.39 is 0 Å². The minimum atomic E-state index is 0.612. The summed E-state index contributed by atoms with van der Waals surface area (Å²) in [6, 6.07) is 0. The van der Waals surface area contributed by atoms with E-state index in [0.717, 1.165) is 28.9 Å². The Hall–Kier alpha value is -0.700. The smallest absolute Gasteiger partial charge is 0.132 e. The fraction of sp³-hybridized carbons (Fsp3) is 0.636. The Bertz CT molecular complexity index is 366. The van der Waals surface area contributed by atoms with E-state index in [-0.39, 0.29) is 0 Å². The molecule has 0 aliphatic heterocycles.